The predicted octanol–water partition coefficient (Wildman–Crippen LogP) is 5.97. The first-order valence-corrected chi connectivity index (χ1v) is 12.1. The number of hydrogen-bond acceptors (Lipinski definition) is 3. The first kappa shape index (κ1) is 22.3. The lowest BCUT2D eigenvalue weighted by atomic mass is 9.84. The van der Waals surface area contributed by atoms with Crippen molar-refractivity contribution in [3.05, 3.63) is 66.4 Å². The third kappa shape index (κ3) is 4.23. The number of carbonyl (C=O) groups excluding carboxylic acids is 2. The molecule has 3 heterocycles. The summed E-state index contributed by atoms with van der Waals surface area (Å²) in [5.74, 6) is 0.298. The molecule has 0 saturated carbocycles. The van der Waals surface area contributed by atoms with Gasteiger partial charge in [-0.3, -0.25) is 14.6 Å². The van der Waals surface area contributed by atoms with Gasteiger partial charge in [-0.15, -0.1) is 0 Å². The van der Waals surface area contributed by atoms with Gasteiger partial charge in [-0.1, -0.05) is 51.1 Å². The number of nitrogens with zero attached hydrogens (tertiary/aromatic N) is 3. The second kappa shape index (κ2) is 8.71. The van der Waals surface area contributed by atoms with E-state index < -0.39 is 0 Å². The van der Waals surface area contributed by atoms with E-state index in [1.807, 2.05) is 28.1 Å². The normalized spacial score (nSPS) is 16.6. The smallest absolute Gasteiger partial charge is 0.227 e. The van der Waals surface area contributed by atoms with Gasteiger partial charge in [0.25, 0.3) is 0 Å². The second-order valence-electron chi connectivity index (χ2n) is 10.3. The molecule has 2 saturated heterocycles. The minimum Gasteiger partial charge on any atom is -0.312 e. The van der Waals surface area contributed by atoms with Crippen LogP contribution in [0.15, 0.2) is 60.8 Å². The van der Waals surface area contributed by atoms with Crippen molar-refractivity contribution in [2.75, 3.05) is 22.9 Å². The highest BCUT2D eigenvalue weighted by molar-refractivity contribution is 6.00. The molecule has 3 aromatic rings. The molecule has 2 amide bonds. The van der Waals surface area contributed by atoms with Crippen LogP contribution in [-0.4, -0.2) is 29.9 Å². The van der Waals surface area contributed by atoms with Gasteiger partial charge < -0.3 is 9.80 Å². The van der Waals surface area contributed by atoms with Crippen molar-refractivity contribution in [3.8, 4) is 22.4 Å². The van der Waals surface area contributed by atoms with E-state index in [0.717, 1.165) is 59.7 Å². The van der Waals surface area contributed by atoms with Crippen molar-refractivity contribution >= 4 is 23.2 Å². The molecule has 2 aromatic carbocycles. The maximum Gasteiger partial charge on any atom is 0.227 e. The number of carbonyl (C=O) groups is 2. The molecule has 0 radical (unpaired) electrons. The van der Waals surface area contributed by atoms with Crippen molar-refractivity contribution in [1.29, 1.82) is 0 Å². The monoisotopic (exact) mass is 453 g/mol. The molecule has 5 heteroatoms. The molecular formula is C29H31N3O2. The van der Waals surface area contributed by atoms with Crippen LogP contribution in [0.5, 0.6) is 0 Å². The SMILES string of the molecule is CC(C)(C)c1cccnc1-c1ccc(-c2cc(N3CCCC3=O)cc(N3CCCC3=O)c2)cc1. The second-order valence-corrected chi connectivity index (χ2v) is 10.3. The van der Waals surface area contributed by atoms with Crippen molar-refractivity contribution in [2.45, 2.75) is 51.9 Å². The van der Waals surface area contributed by atoms with Crippen LogP contribution in [0.2, 0.25) is 0 Å². The van der Waals surface area contributed by atoms with Gasteiger partial charge in [-0.2, -0.15) is 0 Å². The van der Waals surface area contributed by atoms with Crippen molar-refractivity contribution < 1.29 is 9.59 Å². The Bertz CT molecular complexity index is 1200. The molecule has 0 atom stereocenters. The summed E-state index contributed by atoms with van der Waals surface area (Å²) in [5, 5.41) is 0. The molecule has 0 bridgehead atoms. The molecule has 0 spiro atoms. The standard InChI is InChI=1S/C29H31N3O2/c1-29(2,3)25-7-4-14-30-28(25)21-12-10-20(11-13-21)22-17-23(31-15-5-8-26(31)33)19-24(18-22)32-16-6-9-27(32)34/h4,7,10-14,17-19H,5-6,8-9,15-16H2,1-3H3. The lowest BCUT2D eigenvalue weighted by Crippen LogP contribution is -2.26. The van der Waals surface area contributed by atoms with Gasteiger partial charge in [0.15, 0.2) is 0 Å². The summed E-state index contributed by atoms with van der Waals surface area (Å²) in [7, 11) is 0. The quantitative estimate of drug-likeness (QED) is 0.489. The van der Waals surface area contributed by atoms with Crippen LogP contribution in [0.3, 0.4) is 0 Å². The molecule has 5 rings (SSSR count). The maximum atomic E-state index is 12.5. The van der Waals surface area contributed by atoms with Gasteiger partial charge in [-0.25, -0.2) is 0 Å². The van der Waals surface area contributed by atoms with Crippen LogP contribution in [0.25, 0.3) is 22.4 Å². The van der Waals surface area contributed by atoms with Gasteiger partial charge in [0.1, 0.15) is 0 Å². The number of hydrogen-bond donors (Lipinski definition) is 0. The first-order valence-electron chi connectivity index (χ1n) is 12.1. The van der Waals surface area contributed by atoms with Crippen LogP contribution >= 0.6 is 0 Å². The lowest BCUT2D eigenvalue weighted by Gasteiger charge is -2.23. The summed E-state index contributed by atoms with van der Waals surface area (Å²) in [6.07, 6.45) is 4.74. The number of anilines is 2. The Labute approximate surface area is 201 Å². The lowest BCUT2D eigenvalue weighted by molar-refractivity contribution is -0.117. The van der Waals surface area contributed by atoms with E-state index in [1.165, 1.54) is 5.56 Å². The Balaban J connectivity index is 1.55. The summed E-state index contributed by atoms with van der Waals surface area (Å²) in [4.78, 5) is 33.3. The van der Waals surface area contributed by atoms with Crippen molar-refractivity contribution in [2.24, 2.45) is 0 Å². The number of rotatable bonds is 4. The molecule has 174 valence electrons. The molecule has 34 heavy (non-hydrogen) atoms. The fourth-order valence-electron chi connectivity index (χ4n) is 4.98. The van der Waals surface area contributed by atoms with Gasteiger partial charge in [0.2, 0.25) is 11.8 Å². The Hall–Kier alpha value is -3.47. The minimum atomic E-state index is -0.00394. The van der Waals surface area contributed by atoms with Gasteiger partial charge in [-0.05, 0) is 59.2 Å². The maximum absolute atomic E-state index is 12.5. The van der Waals surface area contributed by atoms with Crippen molar-refractivity contribution in [3.63, 3.8) is 0 Å². The number of aromatic nitrogens is 1. The summed E-state index contributed by atoms with van der Waals surface area (Å²) < 4.78 is 0. The number of amides is 2. The van der Waals surface area contributed by atoms with Gasteiger partial charge >= 0.3 is 0 Å². The predicted molar refractivity (Wildman–Crippen MR) is 137 cm³/mol. The highest BCUT2D eigenvalue weighted by Crippen LogP contribution is 2.36. The zero-order chi connectivity index (χ0) is 23.9. The molecule has 2 aliphatic heterocycles. The van der Waals surface area contributed by atoms with E-state index in [4.69, 9.17) is 0 Å². The first-order chi connectivity index (χ1) is 16.3. The Morgan fingerprint density at radius 2 is 1.29 bits per heavy atom. The van der Waals surface area contributed by atoms with E-state index in [2.05, 4.69) is 68.2 Å². The average molecular weight is 454 g/mol. The molecule has 0 unspecified atom stereocenters. The minimum absolute atomic E-state index is 0.00394. The average Bonchev–Trinajstić information content (AvgIpc) is 3.46. The van der Waals surface area contributed by atoms with Crippen molar-refractivity contribution in [1.82, 2.24) is 4.98 Å². The summed E-state index contributed by atoms with van der Waals surface area (Å²) >= 11 is 0. The highest BCUT2D eigenvalue weighted by atomic mass is 16.2. The fraction of sp³-hybridized carbons (Fsp3) is 0.345. The zero-order valence-electron chi connectivity index (χ0n) is 20.2. The fourth-order valence-corrected chi connectivity index (χ4v) is 4.98. The van der Waals surface area contributed by atoms with Crippen LogP contribution < -0.4 is 9.80 Å². The van der Waals surface area contributed by atoms with Crippen LogP contribution in [-0.2, 0) is 15.0 Å². The number of benzene rings is 2. The van der Waals surface area contributed by atoms with Crippen LogP contribution in [0.1, 0.15) is 52.0 Å². The summed E-state index contributed by atoms with van der Waals surface area (Å²) in [5.41, 5.74) is 7.10. The molecule has 2 aliphatic rings. The van der Waals surface area contributed by atoms with Crippen LogP contribution in [0.4, 0.5) is 11.4 Å². The molecule has 2 fully saturated rings. The summed E-state index contributed by atoms with van der Waals surface area (Å²) in [6, 6.07) is 18.7. The van der Waals surface area contributed by atoms with E-state index in [0.29, 0.717) is 12.8 Å². The molecular weight excluding hydrogens is 422 g/mol. The molecule has 1 aromatic heterocycles. The van der Waals surface area contributed by atoms with E-state index in [-0.39, 0.29) is 17.2 Å². The Morgan fingerprint density at radius 3 is 1.79 bits per heavy atom. The molecule has 5 nitrogen and oxygen atoms in total. The zero-order valence-corrected chi connectivity index (χ0v) is 20.2. The van der Waals surface area contributed by atoms with Crippen LogP contribution in [0, 0.1) is 0 Å². The summed E-state index contributed by atoms with van der Waals surface area (Å²) in [6.45, 7) is 8.06. The van der Waals surface area contributed by atoms with Gasteiger partial charge in [0.05, 0.1) is 5.69 Å². The van der Waals surface area contributed by atoms with E-state index in [9.17, 15) is 9.59 Å². The molecule has 0 aliphatic carbocycles. The van der Waals surface area contributed by atoms with E-state index in [1.54, 1.807) is 0 Å². The Morgan fingerprint density at radius 1 is 0.735 bits per heavy atom. The highest BCUT2D eigenvalue weighted by Gasteiger charge is 2.26. The largest absolute Gasteiger partial charge is 0.312 e. The third-order valence-electron chi connectivity index (χ3n) is 6.78. The van der Waals surface area contributed by atoms with Gasteiger partial charge in [0, 0.05) is 49.1 Å². The topological polar surface area (TPSA) is 53.5 Å². The molecule has 0 N–H and O–H groups in total. The number of pyridine rings is 1. The van der Waals surface area contributed by atoms with E-state index >= 15 is 0 Å². The Kier molecular flexibility index (Phi) is 5.72. The third-order valence-corrected chi connectivity index (χ3v) is 6.78.